The summed E-state index contributed by atoms with van der Waals surface area (Å²) < 4.78 is 94.6. The Kier molecular flexibility index (Phi) is 9.20. The number of benzene rings is 1. The van der Waals surface area contributed by atoms with Gasteiger partial charge in [-0.2, -0.15) is 13.1 Å². The molecule has 4 saturated heterocycles. The summed E-state index contributed by atoms with van der Waals surface area (Å²) in [5, 5.41) is 5.52. The number of rotatable bonds is 5. The Hall–Kier alpha value is -3.78. The Bertz CT molecular complexity index is 2020. The van der Waals surface area contributed by atoms with E-state index in [1.54, 1.807) is 30.3 Å². The SMILES string of the molecule is Nc1ncnc2c1ncn2[C@@H]1O[C@@H]2CNS(=O)(=O)O[C@H]3[C@@H](OCc4ccccc4)[C@H](N4C=NC5C(=O)NC(N)NC54)O[C@@H]3COP(=O)(O)O[C@H]2[C@H]1F. The number of phosphoric ester groups is 1. The third-order valence-corrected chi connectivity index (χ3v) is 11.0. The van der Waals surface area contributed by atoms with E-state index in [4.69, 9.17) is 38.9 Å². The molecule has 0 aliphatic carbocycles. The number of hydrogen-bond donors (Lipinski definition) is 6. The van der Waals surface area contributed by atoms with Gasteiger partial charge >= 0.3 is 18.1 Å². The highest BCUT2D eigenvalue weighted by Crippen LogP contribution is 2.50. The quantitative estimate of drug-likeness (QED) is 0.149. The van der Waals surface area contributed by atoms with Crippen molar-refractivity contribution in [1.29, 1.82) is 0 Å². The van der Waals surface area contributed by atoms with Crippen LogP contribution in [0.1, 0.15) is 11.8 Å². The number of nitrogens with zero attached hydrogens (tertiary/aromatic N) is 6. The van der Waals surface area contributed by atoms with Crippen LogP contribution in [-0.2, 0) is 53.7 Å². The van der Waals surface area contributed by atoms with Crippen molar-refractivity contribution in [3.8, 4) is 0 Å². The second-order valence-corrected chi connectivity index (χ2v) is 15.2. The molecule has 1 aromatic carbocycles. The fourth-order valence-corrected chi connectivity index (χ4v) is 8.58. The Balaban J connectivity index is 1.08. The van der Waals surface area contributed by atoms with Crippen LogP contribution in [0.25, 0.3) is 11.2 Å². The van der Waals surface area contributed by atoms with Crippen molar-refractivity contribution in [1.82, 2.24) is 39.8 Å². The summed E-state index contributed by atoms with van der Waals surface area (Å²) in [5.74, 6) is -0.453. The minimum atomic E-state index is -5.12. The molecular weight excluding hydrogens is 736 g/mol. The van der Waals surface area contributed by atoms with Gasteiger partial charge in [-0.25, -0.2) is 28.1 Å². The number of phosphoric acid groups is 1. The fraction of sp³-hybridized carbons (Fsp3) is 0.519. The van der Waals surface area contributed by atoms with Crippen LogP contribution in [0, 0.1) is 0 Å². The summed E-state index contributed by atoms with van der Waals surface area (Å²) in [7, 11) is -9.85. The van der Waals surface area contributed by atoms with Gasteiger partial charge in [0.2, 0.25) is 0 Å². The molecule has 5 aliphatic rings. The molecule has 2 aromatic heterocycles. The number of nitrogens with one attached hydrogen (secondary N) is 3. The first-order valence-electron chi connectivity index (χ1n) is 15.9. The van der Waals surface area contributed by atoms with E-state index in [0.717, 1.165) is 6.33 Å². The van der Waals surface area contributed by atoms with E-state index in [-0.39, 0.29) is 23.6 Å². The lowest BCUT2D eigenvalue weighted by Gasteiger charge is -2.39. The third-order valence-electron chi connectivity index (χ3n) is 9.05. The predicted molar refractivity (Wildman–Crippen MR) is 172 cm³/mol. The van der Waals surface area contributed by atoms with E-state index in [9.17, 15) is 22.7 Å². The highest BCUT2D eigenvalue weighted by Gasteiger charge is 2.57. The number of amides is 1. The van der Waals surface area contributed by atoms with Crippen LogP contribution < -0.4 is 26.8 Å². The Labute approximate surface area is 293 Å². The molecule has 25 heteroatoms. The fourth-order valence-electron chi connectivity index (χ4n) is 6.66. The topological polar surface area (TPSA) is 291 Å². The molecule has 52 heavy (non-hydrogen) atoms. The van der Waals surface area contributed by atoms with Gasteiger partial charge < -0.3 is 35.1 Å². The molecule has 3 aromatic rings. The summed E-state index contributed by atoms with van der Waals surface area (Å²) in [6.45, 7) is -1.51. The van der Waals surface area contributed by atoms with Gasteiger partial charge in [0, 0.05) is 6.54 Å². The molecule has 0 bridgehead atoms. The molecule has 1 amide bonds. The number of anilines is 1. The number of alkyl halides is 1. The minimum Gasteiger partial charge on any atom is -0.382 e. The highest BCUT2D eigenvalue weighted by molar-refractivity contribution is 7.84. The summed E-state index contributed by atoms with van der Waals surface area (Å²) in [6, 6.07) is 7.99. The van der Waals surface area contributed by atoms with E-state index < -0.39 is 105 Å². The second kappa shape index (κ2) is 13.6. The van der Waals surface area contributed by atoms with Crippen molar-refractivity contribution in [3.63, 3.8) is 0 Å². The van der Waals surface area contributed by atoms with Crippen LogP contribution >= 0.6 is 7.82 Å². The molecule has 0 radical (unpaired) electrons. The van der Waals surface area contributed by atoms with Crippen molar-refractivity contribution in [2.24, 2.45) is 10.7 Å². The maximum Gasteiger partial charge on any atom is 0.472 e. The first-order valence-corrected chi connectivity index (χ1v) is 18.8. The third kappa shape index (κ3) is 6.65. The number of fused-ring (bicyclic) bond motifs is 4. The lowest BCUT2D eigenvalue weighted by atomic mass is 10.1. The van der Waals surface area contributed by atoms with E-state index in [1.165, 1.54) is 22.1 Å². The first-order chi connectivity index (χ1) is 24.9. The summed E-state index contributed by atoms with van der Waals surface area (Å²) in [5.41, 5.74) is 12.8. The van der Waals surface area contributed by atoms with Crippen molar-refractivity contribution in [2.45, 2.75) is 74.3 Å². The maximum atomic E-state index is 16.1. The van der Waals surface area contributed by atoms with Gasteiger partial charge in [-0.15, -0.1) is 0 Å². The van der Waals surface area contributed by atoms with Crippen LogP contribution in [-0.4, -0.2) is 125 Å². The number of hydrogen-bond acceptors (Lipinski definition) is 18. The number of aromatic nitrogens is 4. The maximum absolute atomic E-state index is 16.1. The van der Waals surface area contributed by atoms with Crippen LogP contribution in [0.2, 0.25) is 0 Å². The van der Waals surface area contributed by atoms with Gasteiger partial charge in [0.1, 0.15) is 54.8 Å². The Morgan fingerprint density at radius 1 is 1.12 bits per heavy atom. The molecule has 4 fully saturated rings. The van der Waals surface area contributed by atoms with E-state index in [2.05, 4.69) is 35.3 Å². The molecule has 5 aliphatic heterocycles. The number of imidazole rings is 1. The summed E-state index contributed by atoms with van der Waals surface area (Å²) in [4.78, 5) is 41.2. The van der Waals surface area contributed by atoms with Gasteiger partial charge in [-0.1, -0.05) is 30.3 Å². The molecule has 7 heterocycles. The number of carbonyl (C=O) groups excluding carboxylic acids is 1. The van der Waals surface area contributed by atoms with Crippen molar-refractivity contribution >= 4 is 47.4 Å². The van der Waals surface area contributed by atoms with Crippen molar-refractivity contribution in [2.75, 3.05) is 18.9 Å². The Morgan fingerprint density at radius 2 is 1.90 bits per heavy atom. The zero-order chi connectivity index (χ0) is 36.4. The average molecular weight is 770 g/mol. The van der Waals surface area contributed by atoms with Gasteiger partial charge in [-0.05, 0) is 5.56 Å². The molecule has 4 unspecified atom stereocenters. The largest absolute Gasteiger partial charge is 0.472 e. The van der Waals surface area contributed by atoms with E-state index >= 15 is 4.39 Å². The molecule has 22 nitrogen and oxygen atoms in total. The van der Waals surface area contributed by atoms with Gasteiger partial charge in [0.05, 0.1) is 25.9 Å². The Morgan fingerprint density at radius 3 is 2.71 bits per heavy atom. The summed E-state index contributed by atoms with van der Waals surface area (Å²) >= 11 is 0. The number of carbonyl (C=O) groups is 1. The molecule has 12 atom stereocenters. The molecule has 0 spiro atoms. The normalized spacial score (nSPS) is 38.9. The van der Waals surface area contributed by atoms with Crippen LogP contribution in [0.4, 0.5) is 10.2 Å². The number of nitrogen functional groups attached to an aromatic ring is 1. The molecule has 8 rings (SSSR count). The minimum absolute atomic E-state index is 0.0139. The molecule has 8 N–H and O–H groups in total. The average Bonchev–Trinajstić information content (AvgIpc) is 3.87. The van der Waals surface area contributed by atoms with Gasteiger partial charge in [0.15, 0.2) is 36.1 Å². The van der Waals surface area contributed by atoms with Crippen molar-refractivity contribution < 1.29 is 54.5 Å². The van der Waals surface area contributed by atoms with Crippen molar-refractivity contribution in [3.05, 3.63) is 48.5 Å². The van der Waals surface area contributed by atoms with Crippen LogP contribution in [0.5, 0.6) is 0 Å². The monoisotopic (exact) mass is 769 g/mol. The predicted octanol–water partition coefficient (Wildman–Crippen LogP) is -2.31. The second-order valence-electron chi connectivity index (χ2n) is 12.4. The molecular formula is C27H33FN11O11PS. The zero-order valence-electron chi connectivity index (χ0n) is 26.7. The van der Waals surface area contributed by atoms with Crippen LogP contribution in [0.15, 0.2) is 48.0 Å². The summed E-state index contributed by atoms with van der Waals surface area (Å²) in [6.07, 6.45) is -10.6. The smallest absolute Gasteiger partial charge is 0.382 e. The number of ether oxygens (including phenoxy) is 3. The van der Waals surface area contributed by atoms with Gasteiger partial charge in [0.25, 0.3) is 5.91 Å². The lowest BCUT2D eigenvalue weighted by molar-refractivity contribution is -0.132. The number of aliphatic imine (C=N–C) groups is 1. The van der Waals surface area contributed by atoms with E-state index in [1.807, 2.05) is 0 Å². The van der Waals surface area contributed by atoms with Gasteiger partial charge in [-0.3, -0.25) is 34.5 Å². The van der Waals surface area contributed by atoms with E-state index in [0.29, 0.717) is 5.56 Å². The highest BCUT2D eigenvalue weighted by atomic mass is 32.2. The molecule has 0 saturated carbocycles. The van der Waals surface area contributed by atoms with Crippen LogP contribution in [0.3, 0.4) is 0 Å². The number of nitrogens with two attached hydrogens (primary N) is 2. The zero-order valence-corrected chi connectivity index (χ0v) is 28.4. The number of halogens is 1. The standard InChI is InChI=1S/C27H33FN11O11PS/c28-15-18-13(47-25(15)38-10-33-16-21(29)31-9-32-22(16)38)6-35-52(43,44)50-19-14(8-46-51(41,42)49-18)48-26(20(19)45-7-12-4-2-1-3-5-12)39-11-34-17-23(39)36-27(30)37-24(17)40/h1-5,9-11,13-15,17-20,23,25-27,35-36H,6-8,30H2,(H,37,40)(H,41,42)(H2,29,31,32)/t13-,14-,15-,17?,18-,19-,20-,23?,25-,26-,27?/m1/s1. The lowest BCUT2D eigenvalue weighted by Crippen LogP contribution is -2.70. The molecule has 280 valence electrons. The first kappa shape index (κ1) is 35.3.